The van der Waals surface area contributed by atoms with Crippen molar-refractivity contribution < 1.29 is 32.2 Å². The number of halogens is 5. The van der Waals surface area contributed by atoms with E-state index < -0.39 is 36.0 Å². The van der Waals surface area contributed by atoms with Gasteiger partial charge < -0.3 is 19.2 Å². The Labute approximate surface area is 261 Å². The van der Waals surface area contributed by atoms with Crippen LogP contribution in [0.3, 0.4) is 0 Å². The molecule has 6 nitrogen and oxygen atoms in total. The third-order valence-electron chi connectivity index (χ3n) is 7.39. The van der Waals surface area contributed by atoms with Gasteiger partial charge in [0.05, 0.1) is 17.5 Å². The van der Waals surface area contributed by atoms with Crippen LogP contribution >= 0.6 is 23.2 Å². The van der Waals surface area contributed by atoms with E-state index in [2.05, 4.69) is 9.72 Å². The molecule has 2 unspecified atom stereocenters. The van der Waals surface area contributed by atoms with Crippen LogP contribution in [-0.2, 0) is 16.0 Å². The fourth-order valence-electron chi connectivity index (χ4n) is 4.68. The second-order valence-electron chi connectivity index (χ2n) is 10.6. The molecule has 0 saturated heterocycles. The van der Waals surface area contributed by atoms with Crippen LogP contribution in [0.5, 0.6) is 11.5 Å². The van der Waals surface area contributed by atoms with E-state index in [0.717, 1.165) is 12.8 Å². The predicted molar refractivity (Wildman–Crippen MR) is 161 cm³/mol. The summed E-state index contributed by atoms with van der Waals surface area (Å²) in [5.41, 5.74) is 1.44. The minimum absolute atomic E-state index is 0.0467. The number of hydrogen-bond acceptors (Lipinski definition) is 5. The molecule has 11 heteroatoms. The van der Waals surface area contributed by atoms with Crippen molar-refractivity contribution in [1.29, 1.82) is 0 Å². The van der Waals surface area contributed by atoms with E-state index in [4.69, 9.17) is 32.7 Å². The second kappa shape index (κ2) is 13.8. The third kappa shape index (κ3) is 7.57. The van der Waals surface area contributed by atoms with Gasteiger partial charge >= 0.3 is 12.6 Å². The van der Waals surface area contributed by atoms with E-state index in [1.165, 1.54) is 30.5 Å². The first-order chi connectivity index (χ1) is 21.1. The minimum Gasteiger partial charge on any atom is -0.489 e. The van der Waals surface area contributed by atoms with Gasteiger partial charge in [0.2, 0.25) is 0 Å². The van der Waals surface area contributed by atoms with Crippen molar-refractivity contribution in [2.45, 2.75) is 44.8 Å². The highest BCUT2D eigenvalue weighted by Gasteiger charge is 2.28. The molecule has 230 valence electrons. The summed E-state index contributed by atoms with van der Waals surface area (Å²) in [4.78, 5) is 28.2. The number of pyridine rings is 1. The molecule has 1 N–H and O–H groups in total. The van der Waals surface area contributed by atoms with Crippen molar-refractivity contribution in [2.75, 3.05) is 6.61 Å². The highest BCUT2D eigenvalue weighted by atomic mass is 35.5. The summed E-state index contributed by atoms with van der Waals surface area (Å²) in [5, 5.41) is -0.0573. The highest BCUT2D eigenvalue weighted by Crippen LogP contribution is 2.38. The van der Waals surface area contributed by atoms with Crippen LogP contribution in [0.15, 0.2) is 77.7 Å². The molecular weight excluding hydrogens is 618 g/mol. The van der Waals surface area contributed by atoms with Crippen LogP contribution in [0, 0.1) is 11.7 Å². The second-order valence-corrected chi connectivity index (χ2v) is 11.3. The number of hydrogen-bond donors (Lipinski definition) is 1. The van der Waals surface area contributed by atoms with Crippen molar-refractivity contribution in [1.82, 2.24) is 4.98 Å². The highest BCUT2D eigenvalue weighted by molar-refractivity contribution is 6.35. The summed E-state index contributed by atoms with van der Waals surface area (Å²) in [7, 11) is 0. The molecular formula is C33H28Cl2F3NO5. The number of carbonyl (C=O) groups is 1. The summed E-state index contributed by atoms with van der Waals surface area (Å²) in [6, 6.07) is 17.7. The normalized spacial score (nSPS) is 14.2. The molecule has 0 aliphatic heterocycles. The van der Waals surface area contributed by atoms with Crippen LogP contribution in [0.2, 0.25) is 10.0 Å². The van der Waals surface area contributed by atoms with Gasteiger partial charge in [-0.3, -0.25) is 9.59 Å². The predicted octanol–water partition coefficient (Wildman–Crippen LogP) is 8.51. The van der Waals surface area contributed by atoms with Gasteiger partial charge in [0, 0.05) is 23.7 Å². The van der Waals surface area contributed by atoms with Gasteiger partial charge in [-0.15, -0.1) is 0 Å². The number of rotatable bonds is 12. The van der Waals surface area contributed by atoms with Gasteiger partial charge in [0.25, 0.3) is 5.56 Å². The largest absolute Gasteiger partial charge is 0.489 e. The Balaban J connectivity index is 1.46. The average molecular weight is 646 g/mol. The maximum Gasteiger partial charge on any atom is 0.387 e. The van der Waals surface area contributed by atoms with Crippen molar-refractivity contribution in [2.24, 2.45) is 5.92 Å². The molecule has 1 heterocycles. The quantitative estimate of drug-likeness (QED) is 0.156. The lowest BCUT2D eigenvalue weighted by atomic mass is 9.96. The lowest BCUT2D eigenvalue weighted by Gasteiger charge is -2.23. The van der Waals surface area contributed by atoms with Crippen LogP contribution in [0.25, 0.3) is 11.1 Å². The van der Waals surface area contributed by atoms with Gasteiger partial charge in [-0.05, 0) is 60.6 Å². The minimum atomic E-state index is -3.08. The first kappa shape index (κ1) is 31.5. The summed E-state index contributed by atoms with van der Waals surface area (Å²) in [6.07, 6.45) is 2.00. The Morgan fingerprint density at radius 2 is 1.73 bits per heavy atom. The molecule has 1 aliphatic rings. The molecule has 0 amide bonds. The maximum absolute atomic E-state index is 15.1. The first-order valence-electron chi connectivity index (χ1n) is 13.9. The fourth-order valence-corrected chi connectivity index (χ4v) is 5.18. The first-order valence-corrected chi connectivity index (χ1v) is 14.7. The fraction of sp³-hybridized carbons (Fsp3) is 0.273. The number of aromatic amines is 1. The van der Waals surface area contributed by atoms with E-state index in [9.17, 15) is 18.4 Å². The Hall–Kier alpha value is -3.95. The van der Waals surface area contributed by atoms with Crippen molar-refractivity contribution >= 4 is 29.2 Å². The SMILES string of the molecule is CC(C(=O)OC(Cc1c(Cl)c[nH]c(=O)c1Cl)c1ccc(OC(F)F)c(OCC2CC2)c1)c1ccc(-c2ccccc2)c(F)c1. The Kier molecular flexibility index (Phi) is 9.86. The molecule has 1 fully saturated rings. The number of carbonyl (C=O) groups excluding carboxylic acids is 1. The number of ether oxygens (including phenoxy) is 3. The van der Waals surface area contributed by atoms with Gasteiger partial charge in [0.15, 0.2) is 11.5 Å². The van der Waals surface area contributed by atoms with Gasteiger partial charge in [-0.2, -0.15) is 8.78 Å². The molecule has 4 aromatic rings. The number of aromatic nitrogens is 1. The summed E-state index contributed by atoms with van der Waals surface area (Å²) >= 11 is 12.6. The number of benzene rings is 3. The lowest BCUT2D eigenvalue weighted by Crippen LogP contribution is -2.20. The number of nitrogens with one attached hydrogen (secondary N) is 1. The van der Waals surface area contributed by atoms with Gasteiger partial charge in [0.1, 0.15) is 16.9 Å². The monoisotopic (exact) mass is 645 g/mol. The Morgan fingerprint density at radius 1 is 1.00 bits per heavy atom. The lowest BCUT2D eigenvalue weighted by molar-refractivity contribution is -0.151. The third-order valence-corrected chi connectivity index (χ3v) is 8.13. The molecule has 2 atom stereocenters. The number of esters is 1. The van der Waals surface area contributed by atoms with Crippen molar-refractivity contribution in [3.05, 3.63) is 116 Å². The summed E-state index contributed by atoms with van der Waals surface area (Å²) in [5.74, 6) is -1.91. The number of H-pyrrole nitrogens is 1. The van der Waals surface area contributed by atoms with E-state index in [0.29, 0.717) is 34.8 Å². The molecule has 1 saturated carbocycles. The Morgan fingerprint density at radius 3 is 2.41 bits per heavy atom. The zero-order valence-corrected chi connectivity index (χ0v) is 25.0. The van der Waals surface area contributed by atoms with Crippen LogP contribution in [0.4, 0.5) is 13.2 Å². The maximum atomic E-state index is 15.1. The molecule has 3 aromatic carbocycles. The molecule has 0 bridgehead atoms. The molecule has 0 spiro atoms. The van der Waals surface area contributed by atoms with Crippen LogP contribution < -0.4 is 15.0 Å². The van der Waals surface area contributed by atoms with Crippen molar-refractivity contribution in [3.63, 3.8) is 0 Å². The summed E-state index contributed by atoms with van der Waals surface area (Å²) < 4.78 is 57.7. The standard InChI is InChI=1S/C33H28Cl2F3NO5/c1-18(21-9-11-23(26(36)13-21)20-5-3-2-4-6-20)32(41)43-28(15-24-25(34)16-39-31(40)30(24)35)22-10-12-27(44-33(37)38)29(14-22)42-17-19-7-8-19/h2-6,9-14,16,18-19,28,33H,7-8,15,17H2,1H3,(H,39,40). The van der Waals surface area contributed by atoms with Crippen LogP contribution in [0.1, 0.15) is 48.5 Å². The zero-order valence-electron chi connectivity index (χ0n) is 23.5. The molecule has 5 rings (SSSR count). The molecule has 1 aliphatic carbocycles. The number of alkyl halides is 2. The Bertz CT molecular complexity index is 1700. The van der Waals surface area contributed by atoms with E-state index in [1.807, 2.05) is 6.07 Å². The van der Waals surface area contributed by atoms with E-state index in [-0.39, 0.29) is 33.5 Å². The van der Waals surface area contributed by atoms with Crippen LogP contribution in [-0.4, -0.2) is 24.2 Å². The van der Waals surface area contributed by atoms with Crippen molar-refractivity contribution in [3.8, 4) is 22.6 Å². The topological polar surface area (TPSA) is 77.6 Å². The molecule has 1 aromatic heterocycles. The van der Waals surface area contributed by atoms with E-state index >= 15 is 4.39 Å². The molecule has 44 heavy (non-hydrogen) atoms. The average Bonchev–Trinajstić information content (AvgIpc) is 3.84. The summed E-state index contributed by atoms with van der Waals surface area (Å²) in [6.45, 7) is -1.20. The van der Waals surface area contributed by atoms with Gasteiger partial charge in [-0.25, -0.2) is 4.39 Å². The smallest absolute Gasteiger partial charge is 0.387 e. The molecule has 0 radical (unpaired) electrons. The van der Waals surface area contributed by atoms with Gasteiger partial charge in [-0.1, -0.05) is 71.7 Å². The zero-order chi connectivity index (χ0) is 31.4. The van der Waals surface area contributed by atoms with E-state index in [1.54, 1.807) is 43.3 Å².